The largest absolute Gasteiger partial charge is 0.278 e. The second kappa shape index (κ2) is 5.61. The molecule has 1 fully saturated rings. The van der Waals surface area contributed by atoms with Crippen LogP contribution in [0.25, 0.3) is 0 Å². The maximum absolute atomic E-state index is 12.7. The van der Waals surface area contributed by atoms with E-state index in [-0.39, 0.29) is 11.8 Å². The van der Waals surface area contributed by atoms with Crippen LogP contribution < -0.4 is 0 Å². The van der Waals surface area contributed by atoms with Crippen LogP contribution in [0.15, 0.2) is 42.5 Å². The summed E-state index contributed by atoms with van der Waals surface area (Å²) in [4.78, 5) is 26.5. The van der Waals surface area contributed by atoms with E-state index >= 15 is 0 Å². The lowest BCUT2D eigenvalue weighted by atomic mass is 9.76. The Labute approximate surface area is 120 Å². The highest BCUT2D eigenvalue weighted by atomic mass is 16.2. The lowest BCUT2D eigenvalue weighted by molar-refractivity contribution is -0.141. The average molecular weight is 271 g/mol. The number of amides is 2. The van der Waals surface area contributed by atoms with Gasteiger partial charge in [-0.3, -0.25) is 14.5 Å². The Bertz CT molecular complexity index is 535. The summed E-state index contributed by atoms with van der Waals surface area (Å²) >= 11 is 0. The Balaban J connectivity index is 2.23. The highest BCUT2D eigenvalue weighted by Gasteiger charge is 2.42. The molecule has 1 aliphatic heterocycles. The Morgan fingerprint density at radius 1 is 1.35 bits per heavy atom. The number of imide groups is 1. The lowest BCUT2D eigenvalue weighted by Crippen LogP contribution is -2.50. The van der Waals surface area contributed by atoms with Gasteiger partial charge in [0, 0.05) is 12.1 Å². The van der Waals surface area contributed by atoms with Gasteiger partial charge in [-0.15, -0.1) is 6.58 Å². The molecule has 2 amide bonds. The van der Waals surface area contributed by atoms with E-state index in [4.69, 9.17) is 0 Å². The quantitative estimate of drug-likeness (QED) is 0.624. The number of rotatable bonds is 3. The fraction of sp³-hybridized carbons (Fsp3) is 0.412. The first-order valence-electron chi connectivity index (χ1n) is 7.00. The van der Waals surface area contributed by atoms with Gasteiger partial charge >= 0.3 is 0 Å². The molecule has 0 aliphatic carbocycles. The van der Waals surface area contributed by atoms with Crippen LogP contribution in [0.2, 0.25) is 0 Å². The van der Waals surface area contributed by atoms with Crippen LogP contribution in [0.1, 0.15) is 43.5 Å². The number of carbonyl (C=O) groups excluding carboxylic acids is 2. The highest BCUT2D eigenvalue weighted by molar-refractivity contribution is 6.06. The summed E-state index contributed by atoms with van der Waals surface area (Å²) in [5.41, 5.74) is 1.06. The first-order chi connectivity index (χ1) is 9.44. The number of carbonyl (C=O) groups is 2. The van der Waals surface area contributed by atoms with E-state index in [1.807, 2.05) is 32.0 Å². The molecule has 2 rings (SSSR count). The first kappa shape index (κ1) is 14.5. The van der Waals surface area contributed by atoms with Gasteiger partial charge in [0.25, 0.3) is 5.91 Å². The SMILES string of the molecule is C=C(C)CC1(C)CCCN(C(=O)c2ccccc2)C1=O. The standard InChI is InChI=1S/C17H21NO2/c1-13(2)12-17(3)10-7-11-18(16(17)20)15(19)14-8-5-4-6-9-14/h4-6,8-9H,1,7,10-12H2,2-3H3. The molecular weight excluding hydrogens is 250 g/mol. The zero-order chi connectivity index (χ0) is 14.8. The molecule has 3 nitrogen and oxygen atoms in total. The van der Waals surface area contributed by atoms with E-state index in [1.165, 1.54) is 4.90 Å². The second-order valence-electron chi connectivity index (χ2n) is 5.93. The minimum absolute atomic E-state index is 0.0689. The van der Waals surface area contributed by atoms with Crippen LogP contribution in [-0.2, 0) is 4.79 Å². The molecule has 20 heavy (non-hydrogen) atoms. The van der Waals surface area contributed by atoms with Crippen LogP contribution >= 0.6 is 0 Å². The predicted molar refractivity (Wildman–Crippen MR) is 79.3 cm³/mol. The van der Waals surface area contributed by atoms with Gasteiger partial charge in [-0.2, -0.15) is 0 Å². The summed E-state index contributed by atoms with van der Waals surface area (Å²) in [6.07, 6.45) is 2.32. The predicted octanol–water partition coefficient (Wildman–Crippen LogP) is 3.42. The first-order valence-corrected chi connectivity index (χ1v) is 7.00. The molecule has 1 unspecified atom stereocenters. The van der Waals surface area contributed by atoms with Crippen molar-refractivity contribution in [1.82, 2.24) is 4.90 Å². The van der Waals surface area contributed by atoms with E-state index in [1.54, 1.807) is 12.1 Å². The van der Waals surface area contributed by atoms with Crippen molar-refractivity contribution in [1.29, 1.82) is 0 Å². The van der Waals surface area contributed by atoms with Gasteiger partial charge in [0.05, 0.1) is 5.41 Å². The monoisotopic (exact) mass is 271 g/mol. The Morgan fingerprint density at radius 2 is 2.00 bits per heavy atom. The van der Waals surface area contributed by atoms with E-state index in [0.717, 1.165) is 18.4 Å². The molecule has 1 aromatic carbocycles. The minimum Gasteiger partial charge on any atom is -0.278 e. The molecule has 0 N–H and O–H groups in total. The van der Waals surface area contributed by atoms with Crippen molar-refractivity contribution < 1.29 is 9.59 Å². The fourth-order valence-electron chi connectivity index (χ4n) is 2.92. The maximum atomic E-state index is 12.7. The average Bonchev–Trinajstić information content (AvgIpc) is 2.41. The zero-order valence-corrected chi connectivity index (χ0v) is 12.2. The van der Waals surface area contributed by atoms with E-state index < -0.39 is 5.41 Å². The van der Waals surface area contributed by atoms with Crippen LogP contribution in [0, 0.1) is 5.41 Å². The van der Waals surface area contributed by atoms with E-state index in [2.05, 4.69) is 6.58 Å². The number of hydrogen-bond acceptors (Lipinski definition) is 2. The molecule has 1 aromatic rings. The Hall–Kier alpha value is -1.90. The number of allylic oxidation sites excluding steroid dienone is 1. The topological polar surface area (TPSA) is 37.4 Å². The van der Waals surface area contributed by atoms with Crippen molar-refractivity contribution >= 4 is 11.8 Å². The Morgan fingerprint density at radius 3 is 2.60 bits per heavy atom. The number of nitrogens with zero attached hydrogens (tertiary/aromatic N) is 1. The van der Waals surface area contributed by atoms with Crippen LogP contribution in [-0.4, -0.2) is 23.3 Å². The van der Waals surface area contributed by atoms with Gasteiger partial charge in [0.2, 0.25) is 5.91 Å². The minimum atomic E-state index is -0.492. The molecule has 0 bridgehead atoms. The molecule has 1 saturated heterocycles. The smallest absolute Gasteiger partial charge is 0.260 e. The Kier molecular flexibility index (Phi) is 4.07. The second-order valence-corrected chi connectivity index (χ2v) is 5.93. The van der Waals surface area contributed by atoms with Gasteiger partial charge in [-0.05, 0) is 38.3 Å². The third-order valence-corrected chi connectivity index (χ3v) is 3.83. The molecule has 106 valence electrons. The van der Waals surface area contributed by atoms with Gasteiger partial charge in [0.15, 0.2) is 0 Å². The summed E-state index contributed by atoms with van der Waals surface area (Å²) in [7, 11) is 0. The van der Waals surface area contributed by atoms with Gasteiger partial charge in [-0.1, -0.05) is 30.7 Å². The zero-order valence-electron chi connectivity index (χ0n) is 12.2. The van der Waals surface area contributed by atoms with Crippen molar-refractivity contribution in [2.24, 2.45) is 5.41 Å². The van der Waals surface area contributed by atoms with Crippen molar-refractivity contribution in [2.75, 3.05) is 6.54 Å². The van der Waals surface area contributed by atoms with Gasteiger partial charge in [-0.25, -0.2) is 0 Å². The summed E-state index contributed by atoms with van der Waals surface area (Å²) in [5, 5.41) is 0. The van der Waals surface area contributed by atoms with Crippen LogP contribution in [0.5, 0.6) is 0 Å². The summed E-state index contributed by atoms with van der Waals surface area (Å²) in [6.45, 7) is 8.28. The van der Waals surface area contributed by atoms with E-state index in [0.29, 0.717) is 18.5 Å². The van der Waals surface area contributed by atoms with E-state index in [9.17, 15) is 9.59 Å². The van der Waals surface area contributed by atoms with Crippen molar-refractivity contribution in [2.45, 2.75) is 33.1 Å². The third kappa shape index (κ3) is 2.82. The number of benzene rings is 1. The fourth-order valence-corrected chi connectivity index (χ4v) is 2.92. The number of hydrogen-bond donors (Lipinski definition) is 0. The van der Waals surface area contributed by atoms with Gasteiger partial charge < -0.3 is 0 Å². The molecule has 0 saturated carbocycles. The van der Waals surface area contributed by atoms with Crippen molar-refractivity contribution in [3.05, 3.63) is 48.0 Å². The molecule has 0 radical (unpaired) electrons. The number of piperidine rings is 1. The summed E-state index contributed by atoms with van der Waals surface area (Å²) in [5.74, 6) is -0.260. The van der Waals surface area contributed by atoms with Crippen LogP contribution in [0.3, 0.4) is 0 Å². The van der Waals surface area contributed by atoms with Gasteiger partial charge in [0.1, 0.15) is 0 Å². The molecule has 3 heteroatoms. The normalized spacial score (nSPS) is 22.7. The molecule has 1 heterocycles. The summed E-state index contributed by atoms with van der Waals surface area (Å²) < 4.78 is 0. The number of likely N-dealkylation sites (tertiary alicyclic amines) is 1. The lowest BCUT2D eigenvalue weighted by Gasteiger charge is -2.38. The molecule has 1 atom stereocenters. The molecule has 1 aliphatic rings. The maximum Gasteiger partial charge on any atom is 0.260 e. The molecular formula is C17H21NO2. The van der Waals surface area contributed by atoms with Crippen molar-refractivity contribution in [3.8, 4) is 0 Å². The highest BCUT2D eigenvalue weighted by Crippen LogP contribution is 2.36. The molecule has 0 aromatic heterocycles. The van der Waals surface area contributed by atoms with Crippen molar-refractivity contribution in [3.63, 3.8) is 0 Å². The third-order valence-electron chi connectivity index (χ3n) is 3.83. The van der Waals surface area contributed by atoms with Crippen LogP contribution in [0.4, 0.5) is 0 Å². The molecule has 0 spiro atoms. The summed E-state index contributed by atoms with van der Waals surface area (Å²) in [6, 6.07) is 8.99.